The van der Waals surface area contributed by atoms with Gasteiger partial charge in [0.1, 0.15) is 12.0 Å². The van der Waals surface area contributed by atoms with Crippen molar-refractivity contribution in [1.82, 2.24) is 14.5 Å². The highest BCUT2D eigenvalue weighted by Crippen LogP contribution is 2.29. The van der Waals surface area contributed by atoms with Crippen LogP contribution in [0.2, 0.25) is 0 Å². The number of nitrogens with zero attached hydrogens (tertiary/aromatic N) is 3. The van der Waals surface area contributed by atoms with Crippen molar-refractivity contribution in [1.29, 1.82) is 0 Å². The van der Waals surface area contributed by atoms with Crippen LogP contribution in [-0.2, 0) is 7.05 Å². The summed E-state index contributed by atoms with van der Waals surface area (Å²) in [5, 5.41) is 0.906. The minimum Gasteiger partial charge on any atom is -0.490 e. The van der Waals surface area contributed by atoms with E-state index in [-0.39, 0.29) is 11.6 Å². The summed E-state index contributed by atoms with van der Waals surface area (Å²) in [5.41, 5.74) is 2.27. The molecule has 0 fully saturated rings. The lowest BCUT2D eigenvalue weighted by Gasteiger charge is -2.15. The first-order valence-electron chi connectivity index (χ1n) is 8.64. The molecule has 2 heterocycles. The molecule has 0 aliphatic carbocycles. The van der Waals surface area contributed by atoms with Crippen molar-refractivity contribution in [2.24, 2.45) is 18.9 Å². The van der Waals surface area contributed by atoms with Crippen molar-refractivity contribution >= 4 is 11.0 Å². The fourth-order valence-corrected chi connectivity index (χ4v) is 3.18. The van der Waals surface area contributed by atoms with Gasteiger partial charge in [0, 0.05) is 24.2 Å². The van der Waals surface area contributed by atoms with Crippen molar-refractivity contribution in [3.05, 3.63) is 42.6 Å². The third kappa shape index (κ3) is 3.81. The van der Waals surface area contributed by atoms with Crippen molar-refractivity contribution in [2.75, 3.05) is 6.61 Å². The molecular weight excluding hydrogens is 317 g/mol. The number of hydrogen-bond donors (Lipinski definition) is 0. The maximum atomic E-state index is 14.5. The highest BCUT2D eigenvalue weighted by atomic mass is 19.1. The lowest BCUT2D eigenvalue weighted by molar-refractivity contribution is 0.230. The first-order chi connectivity index (χ1) is 12.0. The number of aryl methyl sites for hydroxylation is 1. The molecule has 2 aromatic heterocycles. The number of hydrogen-bond acceptors (Lipinski definition) is 3. The van der Waals surface area contributed by atoms with Gasteiger partial charge in [-0.1, -0.05) is 20.8 Å². The molecule has 3 aromatic rings. The van der Waals surface area contributed by atoms with Crippen molar-refractivity contribution in [2.45, 2.75) is 27.2 Å². The zero-order valence-electron chi connectivity index (χ0n) is 15.2. The number of fused-ring (bicyclic) bond motifs is 1. The number of ether oxygens (including phenoxy) is 1. The van der Waals surface area contributed by atoms with Gasteiger partial charge in [-0.2, -0.15) is 0 Å². The maximum Gasteiger partial charge on any atom is 0.165 e. The molecule has 4 nitrogen and oxygen atoms in total. The standard InChI is InChI=1S/C20H24FN3O/c1-13(2)9-14(3)11-25-18-6-5-15(10-17(18)21)19-16-7-8-24(4)20(16)23-12-22-19/h5-8,10,12-14H,9,11H2,1-4H3/t14-/m1/s1. The zero-order chi connectivity index (χ0) is 18.0. The van der Waals surface area contributed by atoms with Crippen LogP contribution in [0.5, 0.6) is 5.75 Å². The lowest BCUT2D eigenvalue weighted by Crippen LogP contribution is -2.11. The lowest BCUT2D eigenvalue weighted by atomic mass is 10.00. The Morgan fingerprint density at radius 1 is 1.16 bits per heavy atom. The number of rotatable bonds is 6. The minimum absolute atomic E-state index is 0.290. The van der Waals surface area contributed by atoms with Gasteiger partial charge >= 0.3 is 0 Å². The molecule has 1 atom stereocenters. The molecule has 0 saturated carbocycles. The van der Waals surface area contributed by atoms with Crippen LogP contribution >= 0.6 is 0 Å². The normalized spacial score (nSPS) is 12.7. The second-order valence-corrected chi connectivity index (χ2v) is 7.08. The van der Waals surface area contributed by atoms with Crippen LogP contribution in [0.3, 0.4) is 0 Å². The van der Waals surface area contributed by atoms with Crippen molar-refractivity contribution in [3.63, 3.8) is 0 Å². The van der Waals surface area contributed by atoms with Gasteiger partial charge in [0.05, 0.1) is 12.3 Å². The number of halogens is 1. The van der Waals surface area contributed by atoms with E-state index in [2.05, 4.69) is 30.7 Å². The third-order valence-electron chi connectivity index (χ3n) is 4.26. The summed E-state index contributed by atoms with van der Waals surface area (Å²) >= 11 is 0. The molecule has 0 N–H and O–H groups in total. The maximum absolute atomic E-state index is 14.5. The zero-order valence-corrected chi connectivity index (χ0v) is 15.2. The van der Waals surface area contributed by atoms with Gasteiger partial charge in [0.15, 0.2) is 11.6 Å². The minimum atomic E-state index is -0.364. The Morgan fingerprint density at radius 3 is 2.68 bits per heavy atom. The van der Waals surface area contributed by atoms with Crippen LogP contribution in [0.15, 0.2) is 36.8 Å². The molecular formula is C20H24FN3O. The first-order valence-corrected chi connectivity index (χ1v) is 8.64. The van der Waals surface area contributed by atoms with E-state index in [0.717, 1.165) is 28.7 Å². The van der Waals surface area contributed by atoms with Gasteiger partial charge in [-0.3, -0.25) is 0 Å². The van der Waals surface area contributed by atoms with Crippen LogP contribution in [-0.4, -0.2) is 21.1 Å². The molecule has 5 heteroatoms. The molecule has 0 saturated heterocycles. The van der Waals surface area contributed by atoms with E-state index in [4.69, 9.17) is 4.74 Å². The average Bonchev–Trinajstić information content (AvgIpc) is 2.94. The highest BCUT2D eigenvalue weighted by Gasteiger charge is 2.13. The summed E-state index contributed by atoms with van der Waals surface area (Å²) in [4.78, 5) is 8.61. The highest BCUT2D eigenvalue weighted by molar-refractivity contribution is 5.90. The van der Waals surface area contributed by atoms with Crippen LogP contribution in [0, 0.1) is 17.7 Å². The van der Waals surface area contributed by atoms with E-state index >= 15 is 0 Å². The van der Waals surface area contributed by atoms with E-state index in [0.29, 0.717) is 18.4 Å². The first kappa shape index (κ1) is 17.4. The monoisotopic (exact) mass is 341 g/mol. The molecule has 25 heavy (non-hydrogen) atoms. The fraction of sp³-hybridized carbons (Fsp3) is 0.400. The van der Waals surface area contributed by atoms with Gasteiger partial charge in [-0.15, -0.1) is 0 Å². The largest absolute Gasteiger partial charge is 0.490 e. The van der Waals surface area contributed by atoms with Crippen LogP contribution in [0.25, 0.3) is 22.3 Å². The van der Waals surface area contributed by atoms with Gasteiger partial charge < -0.3 is 9.30 Å². The summed E-state index contributed by atoms with van der Waals surface area (Å²) in [6.07, 6.45) is 4.49. The molecule has 0 amide bonds. The van der Waals surface area contributed by atoms with E-state index in [1.165, 1.54) is 12.4 Å². The molecule has 0 unspecified atom stereocenters. The molecule has 0 aliphatic heterocycles. The third-order valence-corrected chi connectivity index (χ3v) is 4.26. The predicted octanol–water partition coefficient (Wildman–Crippen LogP) is 4.84. The molecule has 132 valence electrons. The smallest absolute Gasteiger partial charge is 0.165 e. The topological polar surface area (TPSA) is 39.9 Å². The Labute approximate surface area is 147 Å². The summed E-state index contributed by atoms with van der Waals surface area (Å²) in [5.74, 6) is 0.927. The van der Waals surface area contributed by atoms with Gasteiger partial charge in [0.2, 0.25) is 0 Å². The Bertz CT molecular complexity index is 873. The SMILES string of the molecule is CC(C)C[C@@H](C)COc1ccc(-c2ncnc3c2ccn3C)cc1F. The summed E-state index contributed by atoms with van der Waals surface area (Å²) in [6.45, 7) is 7.00. The molecule has 0 radical (unpaired) electrons. The molecule has 0 bridgehead atoms. The number of benzene rings is 1. The Balaban J connectivity index is 1.82. The molecule has 0 spiro atoms. The Kier molecular flexibility index (Phi) is 5.02. The summed E-state index contributed by atoms with van der Waals surface area (Å²) < 4.78 is 22.1. The quantitative estimate of drug-likeness (QED) is 0.644. The summed E-state index contributed by atoms with van der Waals surface area (Å²) in [6, 6.07) is 6.96. The van der Waals surface area contributed by atoms with Crippen molar-refractivity contribution in [3.8, 4) is 17.0 Å². The van der Waals surface area contributed by atoms with Crippen LogP contribution in [0.1, 0.15) is 27.2 Å². The van der Waals surface area contributed by atoms with E-state index in [1.54, 1.807) is 6.07 Å². The van der Waals surface area contributed by atoms with Gasteiger partial charge in [-0.05, 0) is 42.5 Å². The second kappa shape index (κ2) is 7.21. The predicted molar refractivity (Wildman–Crippen MR) is 98.0 cm³/mol. The van der Waals surface area contributed by atoms with E-state index in [1.807, 2.05) is 29.9 Å². The number of aromatic nitrogens is 3. The Morgan fingerprint density at radius 2 is 1.96 bits per heavy atom. The molecule has 3 rings (SSSR count). The summed E-state index contributed by atoms with van der Waals surface area (Å²) in [7, 11) is 1.93. The van der Waals surface area contributed by atoms with Gasteiger partial charge in [0.25, 0.3) is 0 Å². The molecule has 1 aromatic carbocycles. The second-order valence-electron chi connectivity index (χ2n) is 7.08. The molecule has 0 aliphatic rings. The van der Waals surface area contributed by atoms with Crippen molar-refractivity contribution < 1.29 is 9.13 Å². The van der Waals surface area contributed by atoms with Crippen LogP contribution in [0.4, 0.5) is 4.39 Å². The van der Waals surface area contributed by atoms with E-state index < -0.39 is 0 Å². The fourth-order valence-electron chi connectivity index (χ4n) is 3.18. The Hall–Kier alpha value is -2.43. The van der Waals surface area contributed by atoms with Gasteiger partial charge in [-0.25, -0.2) is 14.4 Å². The van der Waals surface area contributed by atoms with E-state index in [9.17, 15) is 4.39 Å². The van der Waals surface area contributed by atoms with Crippen LogP contribution < -0.4 is 4.74 Å². The average molecular weight is 341 g/mol.